The number of ether oxygens (including phenoxy) is 2. The second-order valence-electron chi connectivity index (χ2n) is 9.61. The van der Waals surface area contributed by atoms with Gasteiger partial charge in [0.15, 0.2) is 0 Å². The van der Waals surface area contributed by atoms with E-state index in [1.807, 2.05) is 9.80 Å². The standard InChI is InChI=1S/C28H28N6O8/c35-27(19-4-6-23(25(16-19)33(37)38)31-8-12-41-13-9-31)29-21-2-1-3-22(18-21)30-28(36)20-5-7-24(26(17-20)34(39)40)32-10-14-42-15-11-32/h1-7,16-18H,8-15H2,(H,29,35)(H,30,36). The number of carbonyl (C=O) groups is 2. The Balaban J connectivity index is 1.29. The van der Waals surface area contributed by atoms with Crippen molar-refractivity contribution in [2.45, 2.75) is 0 Å². The lowest BCUT2D eigenvalue weighted by Gasteiger charge is -2.28. The smallest absolute Gasteiger partial charge is 0.293 e. The van der Waals surface area contributed by atoms with Crippen LogP contribution in [0.15, 0.2) is 60.7 Å². The summed E-state index contributed by atoms with van der Waals surface area (Å²) in [5.41, 5.74) is 1.35. The molecule has 3 aromatic rings. The summed E-state index contributed by atoms with van der Waals surface area (Å²) in [6.07, 6.45) is 0. The Hall–Kier alpha value is -5.08. The lowest BCUT2D eigenvalue weighted by Crippen LogP contribution is -2.36. The van der Waals surface area contributed by atoms with Crippen molar-refractivity contribution in [1.29, 1.82) is 0 Å². The molecule has 0 aliphatic carbocycles. The van der Waals surface area contributed by atoms with Gasteiger partial charge in [-0.3, -0.25) is 29.8 Å². The Kier molecular flexibility index (Phi) is 8.55. The third-order valence-corrected chi connectivity index (χ3v) is 6.95. The molecule has 2 aliphatic rings. The van der Waals surface area contributed by atoms with Gasteiger partial charge in [-0.1, -0.05) is 6.07 Å². The van der Waals surface area contributed by atoms with Crippen LogP contribution in [0.1, 0.15) is 20.7 Å². The van der Waals surface area contributed by atoms with E-state index in [4.69, 9.17) is 9.47 Å². The van der Waals surface area contributed by atoms with Crippen LogP contribution >= 0.6 is 0 Å². The average molecular weight is 577 g/mol. The number of nitro benzene ring substituents is 2. The molecule has 42 heavy (non-hydrogen) atoms. The predicted molar refractivity (Wildman–Crippen MR) is 155 cm³/mol. The molecule has 2 saturated heterocycles. The zero-order chi connectivity index (χ0) is 29.6. The van der Waals surface area contributed by atoms with Crippen LogP contribution in [-0.4, -0.2) is 74.3 Å². The van der Waals surface area contributed by atoms with Gasteiger partial charge in [-0.15, -0.1) is 0 Å². The SMILES string of the molecule is O=C(Nc1cccc(NC(=O)c2ccc(N3CCOCC3)c([N+](=O)[O-])c2)c1)c1ccc(N2CCOCC2)c([N+](=O)[O-])c1. The number of nitrogens with zero attached hydrogens (tertiary/aromatic N) is 4. The van der Waals surface area contributed by atoms with Crippen molar-refractivity contribution in [3.8, 4) is 0 Å². The fourth-order valence-electron chi connectivity index (χ4n) is 4.85. The number of morpholine rings is 2. The van der Waals surface area contributed by atoms with Gasteiger partial charge in [0, 0.05) is 60.8 Å². The van der Waals surface area contributed by atoms with Crippen LogP contribution in [0.2, 0.25) is 0 Å². The summed E-state index contributed by atoms with van der Waals surface area (Å²) in [5, 5.41) is 28.9. The van der Waals surface area contributed by atoms with Gasteiger partial charge >= 0.3 is 0 Å². The van der Waals surface area contributed by atoms with Crippen LogP contribution in [0.3, 0.4) is 0 Å². The van der Waals surface area contributed by atoms with Gasteiger partial charge < -0.3 is 29.9 Å². The third-order valence-electron chi connectivity index (χ3n) is 6.95. The normalized spacial score (nSPS) is 15.1. The number of hydrogen-bond acceptors (Lipinski definition) is 10. The number of rotatable bonds is 8. The Morgan fingerprint density at radius 2 is 1.05 bits per heavy atom. The zero-order valence-electron chi connectivity index (χ0n) is 22.5. The Bertz CT molecular complexity index is 1410. The van der Waals surface area contributed by atoms with Crippen LogP contribution in [-0.2, 0) is 9.47 Å². The van der Waals surface area contributed by atoms with Gasteiger partial charge in [-0.05, 0) is 42.5 Å². The van der Waals surface area contributed by atoms with Crippen molar-refractivity contribution in [2.24, 2.45) is 0 Å². The molecule has 0 atom stereocenters. The van der Waals surface area contributed by atoms with E-state index in [0.29, 0.717) is 75.4 Å². The molecule has 2 amide bonds. The highest BCUT2D eigenvalue weighted by Gasteiger charge is 2.25. The van der Waals surface area contributed by atoms with Crippen LogP contribution in [0.5, 0.6) is 0 Å². The van der Waals surface area contributed by atoms with Gasteiger partial charge in [0.05, 0.1) is 36.3 Å². The summed E-state index contributed by atoms with van der Waals surface area (Å²) in [6, 6.07) is 15.0. The van der Waals surface area contributed by atoms with Gasteiger partial charge in [0.25, 0.3) is 23.2 Å². The van der Waals surface area contributed by atoms with E-state index >= 15 is 0 Å². The summed E-state index contributed by atoms with van der Waals surface area (Å²) < 4.78 is 10.6. The molecule has 0 spiro atoms. The highest BCUT2D eigenvalue weighted by molar-refractivity contribution is 6.07. The number of nitro groups is 2. The van der Waals surface area contributed by atoms with Gasteiger partial charge in [0.2, 0.25) is 0 Å². The minimum Gasteiger partial charge on any atom is -0.378 e. The van der Waals surface area contributed by atoms with Crippen molar-refractivity contribution in [3.05, 3.63) is 92.0 Å². The molecule has 0 bridgehead atoms. The minimum atomic E-state index is -0.565. The molecule has 0 saturated carbocycles. The zero-order valence-corrected chi connectivity index (χ0v) is 22.5. The molecule has 2 aliphatic heterocycles. The molecule has 14 heteroatoms. The second kappa shape index (κ2) is 12.6. The summed E-state index contributed by atoms with van der Waals surface area (Å²) in [4.78, 5) is 52.1. The third kappa shape index (κ3) is 6.45. The highest BCUT2D eigenvalue weighted by atomic mass is 16.6. The summed E-state index contributed by atoms with van der Waals surface area (Å²) >= 11 is 0. The average Bonchev–Trinajstić information content (AvgIpc) is 3.01. The van der Waals surface area contributed by atoms with E-state index in [2.05, 4.69) is 10.6 Å². The van der Waals surface area contributed by atoms with Crippen LogP contribution in [0.4, 0.5) is 34.1 Å². The monoisotopic (exact) mass is 576 g/mol. The van der Waals surface area contributed by atoms with E-state index in [0.717, 1.165) is 0 Å². The fraction of sp³-hybridized carbons (Fsp3) is 0.286. The van der Waals surface area contributed by atoms with E-state index in [-0.39, 0.29) is 22.5 Å². The van der Waals surface area contributed by atoms with Crippen molar-refractivity contribution in [1.82, 2.24) is 0 Å². The van der Waals surface area contributed by atoms with E-state index in [1.54, 1.807) is 30.3 Å². The van der Waals surface area contributed by atoms with Crippen molar-refractivity contribution < 1.29 is 28.9 Å². The van der Waals surface area contributed by atoms with Gasteiger partial charge in [-0.25, -0.2) is 0 Å². The maximum Gasteiger partial charge on any atom is 0.293 e. The Morgan fingerprint density at radius 3 is 1.43 bits per heavy atom. The molecule has 2 N–H and O–H groups in total. The molecular weight excluding hydrogens is 548 g/mol. The number of hydrogen-bond donors (Lipinski definition) is 2. The maximum absolute atomic E-state index is 13.0. The summed E-state index contributed by atoms with van der Waals surface area (Å²) in [6.45, 7) is 3.89. The van der Waals surface area contributed by atoms with Gasteiger partial charge in [-0.2, -0.15) is 0 Å². The van der Waals surface area contributed by atoms with Crippen molar-refractivity contribution >= 4 is 45.9 Å². The predicted octanol–water partition coefficient (Wildman–Crippen LogP) is 3.68. The number of benzene rings is 3. The lowest BCUT2D eigenvalue weighted by atomic mass is 10.1. The first-order chi connectivity index (χ1) is 20.3. The number of carbonyl (C=O) groups excluding carboxylic acids is 2. The summed E-state index contributed by atoms with van der Waals surface area (Å²) in [7, 11) is 0. The molecule has 2 heterocycles. The largest absolute Gasteiger partial charge is 0.378 e. The number of nitrogens with one attached hydrogen (secondary N) is 2. The molecule has 0 radical (unpaired) electrons. The molecule has 14 nitrogen and oxygen atoms in total. The number of amides is 2. The van der Waals surface area contributed by atoms with Crippen molar-refractivity contribution in [3.63, 3.8) is 0 Å². The molecule has 0 unspecified atom stereocenters. The quantitative estimate of drug-likeness (QED) is 0.298. The van der Waals surface area contributed by atoms with E-state index < -0.39 is 21.7 Å². The Labute approximate surface area is 240 Å². The van der Waals surface area contributed by atoms with Gasteiger partial charge in [0.1, 0.15) is 11.4 Å². The van der Waals surface area contributed by atoms with Crippen LogP contribution in [0, 0.1) is 20.2 Å². The van der Waals surface area contributed by atoms with Crippen LogP contribution < -0.4 is 20.4 Å². The number of anilines is 4. The molecule has 218 valence electrons. The maximum atomic E-state index is 13.0. The van der Waals surface area contributed by atoms with E-state index in [9.17, 15) is 29.8 Å². The molecule has 3 aromatic carbocycles. The van der Waals surface area contributed by atoms with Crippen molar-refractivity contribution in [2.75, 3.05) is 73.0 Å². The highest BCUT2D eigenvalue weighted by Crippen LogP contribution is 2.32. The fourth-order valence-corrected chi connectivity index (χ4v) is 4.85. The van der Waals surface area contributed by atoms with E-state index in [1.165, 1.54) is 30.3 Å². The first kappa shape index (κ1) is 28.4. The first-order valence-electron chi connectivity index (χ1n) is 13.3. The molecular formula is C28H28N6O8. The minimum absolute atomic E-state index is 0.0980. The first-order valence-corrected chi connectivity index (χ1v) is 13.3. The lowest BCUT2D eigenvalue weighted by molar-refractivity contribution is -0.384. The molecule has 5 rings (SSSR count). The topological polar surface area (TPSA) is 169 Å². The second-order valence-corrected chi connectivity index (χ2v) is 9.61. The molecule has 2 fully saturated rings. The summed E-state index contributed by atoms with van der Waals surface area (Å²) in [5.74, 6) is -1.13. The van der Waals surface area contributed by atoms with Crippen LogP contribution in [0.25, 0.3) is 0 Å². The molecule has 0 aromatic heterocycles. The Morgan fingerprint density at radius 1 is 0.643 bits per heavy atom.